The third-order valence-electron chi connectivity index (χ3n) is 4.62. The molecule has 0 aliphatic carbocycles. The van der Waals surface area contributed by atoms with Crippen LogP contribution in [0.5, 0.6) is 0 Å². The Hall–Kier alpha value is -3.34. The van der Waals surface area contributed by atoms with E-state index in [9.17, 15) is 8.78 Å². The molecule has 0 aliphatic rings. The van der Waals surface area contributed by atoms with Gasteiger partial charge >= 0.3 is 0 Å². The Morgan fingerprint density at radius 3 is 2.59 bits per heavy atom. The summed E-state index contributed by atoms with van der Waals surface area (Å²) in [6, 6.07) is 9.93. The van der Waals surface area contributed by atoms with Crippen molar-refractivity contribution in [2.24, 2.45) is 0 Å². The number of allylic oxidation sites excluding steroid dienone is 1. The Bertz CT molecular complexity index is 1190. The minimum Gasteiger partial charge on any atom is -0.299 e. The van der Waals surface area contributed by atoms with Gasteiger partial charge < -0.3 is 0 Å². The highest BCUT2D eigenvalue weighted by Gasteiger charge is 2.16. The molecule has 0 amide bonds. The fourth-order valence-corrected chi connectivity index (χ4v) is 3.25. The van der Waals surface area contributed by atoms with Crippen LogP contribution in [-0.2, 0) is 0 Å². The van der Waals surface area contributed by atoms with Gasteiger partial charge in [-0.2, -0.15) is 0 Å². The van der Waals surface area contributed by atoms with Crippen molar-refractivity contribution in [2.45, 2.75) is 13.8 Å². The van der Waals surface area contributed by atoms with Crippen molar-refractivity contribution in [3.8, 4) is 22.5 Å². The molecule has 0 spiro atoms. The van der Waals surface area contributed by atoms with E-state index in [0.29, 0.717) is 5.82 Å². The van der Waals surface area contributed by atoms with Gasteiger partial charge in [0.1, 0.15) is 5.82 Å². The van der Waals surface area contributed by atoms with Gasteiger partial charge in [0.05, 0.1) is 17.3 Å². The number of nitrogens with zero attached hydrogens (tertiary/aromatic N) is 3. The number of rotatable bonds is 3. The standard InChI is InChI=1S/C22H17F2N3/c1-13(2)18-10-15(11-25-14(18)3)16-7-5-9-27-20(16)12-26-22(27)17-6-4-8-19(23)21(17)24/h4-12H,1H2,2-3H3. The van der Waals surface area contributed by atoms with Crippen LogP contribution < -0.4 is 0 Å². The summed E-state index contributed by atoms with van der Waals surface area (Å²) in [6.07, 6.45) is 5.24. The fraction of sp³-hybridized carbons (Fsp3) is 0.0909. The Kier molecular flexibility index (Phi) is 4.07. The van der Waals surface area contributed by atoms with Gasteiger partial charge in [-0.15, -0.1) is 0 Å². The highest BCUT2D eigenvalue weighted by atomic mass is 19.2. The highest BCUT2D eigenvalue weighted by molar-refractivity contribution is 5.83. The van der Waals surface area contributed by atoms with Crippen molar-refractivity contribution in [3.63, 3.8) is 0 Å². The molecular formula is C22H17F2N3. The smallest absolute Gasteiger partial charge is 0.169 e. The minimum atomic E-state index is -0.906. The molecule has 3 heterocycles. The lowest BCUT2D eigenvalue weighted by molar-refractivity contribution is 0.510. The number of aromatic nitrogens is 3. The molecule has 1 aromatic carbocycles. The van der Waals surface area contributed by atoms with Crippen molar-refractivity contribution in [1.29, 1.82) is 0 Å². The first kappa shape index (κ1) is 17.1. The minimum absolute atomic E-state index is 0.122. The second-order valence-electron chi connectivity index (χ2n) is 6.50. The molecule has 5 heteroatoms. The van der Waals surface area contributed by atoms with E-state index in [4.69, 9.17) is 0 Å². The first-order chi connectivity index (χ1) is 13.0. The maximum absolute atomic E-state index is 14.3. The molecule has 0 saturated carbocycles. The predicted octanol–water partition coefficient (Wildman–Crippen LogP) is 5.68. The summed E-state index contributed by atoms with van der Waals surface area (Å²) < 4.78 is 29.7. The number of hydrogen-bond donors (Lipinski definition) is 0. The van der Waals surface area contributed by atoms with Crippen molar-refractivity contribution in [2.75, 3.05) is 0 Å². The van der Waals surface area contributed by atoms with Crippen LogP contribution in [0.2, 0.25) is 0 Å². The van der Waals surface area contributed by atoms with E-state index in [0.717, 1.165) is 39.5 Å². The molecule has 4 aromatic rings. The van der Waals surface area contributed by atoms with Crippen molar-refractivity contribution >= 4 is 11.1 Å². The first-order valence-electron chi connectivity index (χ1n) is 8.50. The van der Waals surface area contributed by atoms with Crippen LogP contribution in [0.15, 0.2) is 61.6 Å². The zero-order chi connectivity index (χ0) is 19.1. The lowest BCUT2D eigenvalue weighted by Gasteiger charge is -2.10. The molecule has 0 N–H and O–H groups in total. The summed E-state index contributed by atoms with van der Waals surface area (Å²) in [5, 5.41) is 0. The van der Waals surface area contributed by atoms with Crippen molar-refractivity contribution in [3.05, 3.63) is 84.5 Å². The lowest BCUT2D eigenvalue weighted by Crippen LogP contribution is -1.96. The Balaban J connectivity index is 1.93. The Morgan fingerprint density at radius 2 is 1.81 bits per heavy atom. The normalized spacial score (nSPS) is 11.1. The predicted molar refractivity (Wildman–Crippen MR) is 103 cm³/mol. The molecule has 0 fully saturated rings. The van der Waals surface area contributed by atoms with Crippen LogP contribution in [0.4, 0.5) is 8.78 Å². The van der Waals surface area contributed by atoms with Crippen LogP contribution in [0.1, 0.15) is 18.2 Å². The number of fused-ring (bicyclic) bond motifs is 1. The lowest BCUT2D eigenvalue weighted by atomic mass is 10.0. The van der Waals surface area contributed by atoms with Gasteiger partial charge in [0.25, 0.3) is 0 Å². The number of hydrogen-bond acceptors (Lipinski definition) is 2. The molecule has 0 unspecified atom stereocenters. The summed E-state index contributed by atoms with van der Waals surface area (Å²) in [4.78, 5) is 8.82. The van der Waals surface area contributed by atoms with Crippen LogP contribution in [0, 0.1) is 18.6 Å². The van der Waals surface area contributed by atoms with Gasteiger partial charge in [-0.3, -0.25) is 9.38 Å². The largest absolute Gasteiger partial charge is 0.299 e. The van der Waals surface area contributed by atoms with E-state index in [1.165, 1.54) is 12.1 Å². The van der Waals surface area contributed by atoms with E-state index in [1.54, 1.807) is 23.0 Å². The Labute approximate surface area is 155 Å². The number of imidazole rings is 1. The second kappa shape index (κ2) is 6.43. The van der Waals surface area contributed by atoms with Crippen molar-refractivity contribution < 1.29 is 8.78 Å². The van der Waals surface area contributed by atoms with E-state index in [1.807, 2.05) is 32.0 Å². The van der Waals surface area contributed by atoms with E-state index < -0.39 is 11.6 Å². The number of pyridine rings is 2. The second-order valence-corrected chi connectivity index (χ2v) is 6.50. The van der Waals surface area contributed by atoms with E-state index in [2.05, 4.69) is 16.5 Å². The molecular weight excluding hydrogens is 344 g/mol. The van der Waals surface area contributed by atoms with Gasteiger partial charge in [0, 0.05) is 29.2 Å². The number of aryl methyl sites for hydroxylation is 1. The highest BCUT2D eigenvalue weighted by Crippen LogP contribution is 2.31. The monoisotopic (exact) mass is 361 g/mol. The van der Waals surface area contributed by atoms with Gasteiger partial charge in [-0.05, 0) is 49.2 Å². The molecule has 0 aliphatic heterocycles. The van der Waals surface area contributed by atoms with E-state index in [-0.39, 0.29) is 5.56 Å². The summed E-state index contributed by atoms with van der Waals surface area (Å²) >= 11 is 0. The summed E-state index contributed by atoms with van der Waals surface area (Å²) in [6.45, 7) is 7.90. The van der Waals surface area contributed by atoms with Crippen molar-refractivity contribution in [1.82, 2.24) is 14.4 Å². The Morgan fingerprint density at radius 1 is 1.04 bits per heavy atom. The topological polar surface area (TPSA) is 30.2 Å². The molecule has 0 saturated heterocycles. The fourth-order valence-electron chi connectivity index (χ4n) is 3.25. The molecule has 3 nitrogen and oxygen atoms in total. The van der Waals surface area contributed by atoms with Gasteiger partial charge in [-0.1, -0.05) is 18.7 Å². The molecule has 0 atom stereocenters. The maximum Gasteiger partial charge on any atom is 0.169 e. The quantitative estimate of drug-likeness (QED) is 0.470. The van der Waals surface area contributed by atoms with Gasteiger partial charge in [0.15, 0.2) is 11.6 Å². The average Bonchev–Trinajstić information content (AvgIpc) is 3.08. The molecule has 4 rings (SSSR count). The van der Waals surface area contributed by atoms with Crippen LogP contribution in [-0.4, -0.2) is 14.4 Å². The third-order valence-corrected chi connectivity index (χ3v) is 4.62. The van der Waals surface area contributed by atoms with Crippen LogP contribution in [0.3, 0.4) is 0 Å². The summed E-state index contributed by atoms with van der Waals surface area (Å²) in [5.74, 6) is -1.45. The van der Waals surface area contributed by atoms with Crippen LogP contribution >= 0.6 is 0 Å². The number of benzene rings is 1. The molecule has 134 valence electrons. The summed E-state index contributed by atoms with van der Waals surface area (Å²) in [7, 11) is 0. The average molecular weight is 361 g/mol. The van der Waals surface area contributed by atoms with Crippen LogP contribution in [0.25, 0.3) is 33.6 Å². The zero-order valence-electron chi connectivity index (χ0n) is 15.0. The molecule has 0 radical (unpaired) electrons. The third kappa shape index (κ3) is 2.81. The molecule has 0 bridgehead atoms. The molecule has 3 aromatic heterocycles. The SMILES string of the molecule is C=C(C)c1cc(-c2cccn3c(-c4cccc(F)c4F)ncc23)cnc1C. The zero-order valence-corrected chi connectivity index (χ0v) is 15.0. The first-order valence-corrected chi connectivity index (χ1v) is 8.50. The van der Waals surface area contributed by atoms with E-state index >= 15 is 0 Å². The summed E-state index contributed by atoms with van der Waals surface area (Å²) in [5.41, 5.74) is 5.56. The molecule has 27 heavy (non-hydrogen) atoms. The van der Waals surface area contributed by atoms with Gasteiger partial charge in [0.2, 0.25) is 0 Å². The number of halogens is 2. The van der Waals surface area contributed by atoms with Gasteiger partial charge in [-0.25, -0.2) is 13.8 Å². The maximum atomic E-state index is 14.3.